The Morgan fingerprint density at radius 1 is 0.981 bits per heavy atom. The quantitative estimate of drug-likeness (QED) is 0.0599. The highest BCUT2D eigenvalue weighted by atomic mass is 35.5. The number of benzene rings is 1. The number of rotatable bonds is 7. The van der Waals surface area contributed by atoms with Gasteiger partial charge in [0.1, 0.15) is 33.9 Å². The molecule has 286 valence electrons. The molecule has 0 saturated carbocycles. The number of nitrogens with zero attached hydrogens (tertiary/aromatic N) is 8. The van der Waals surface area contributed by atoms with Gasteiger partial charge in [-0.3, -0.25) is 9.13 Å². The lowest BCUT2D eigenvalue weighted by Gasteiger charge is -2.33. The number of thiol groups is 1. The van der Waals surface area contributed by atoms with Crippen LogP contribution in [0, 0.1) is 5.92 Å². The average Bonchev–Trinajstić information content (AvgIpc) is 3.88. The van der Waals surface area contributed by atoms with Crippen LogP contribution in [0.3, 0.4) is 0 Å². The first-order chi connectivity index (χ1) is 25.2. The van der Waals surface area contributed by atoms with Gasteiger partial charge in [0.25, 0.3) is 0 Å². The summed E-state index contributed by atoms with van der Waals surface area (Å²) in [4.78, 5) is 37.9. The Bertz CT molecular complexity index is 2060. The van der Waals surface area contributed by atoms with Gasteiger partial charge < -0.3 is 41.0 Å². The second-order valence-electron chi connectivity index (χ2n) is 12.7. The number of anilines is 2. The Labute approximate surface area is 319 Å². The van der Waals surface area contributed by atoms with Crippen LogP contribution in [0.2, 0.25) is 5.15 Å². The van der Waals surface area contributed by atoms with Crippen LogP contribution in [0.1, 0.15) is 56.9 Å². The lowest BCUT2D eigenvalue weighted by Crippen LogP contribution is -2.44. The summed E-state index contributed by atoms with van der Waals surface area (Å²) in [6, 6.07) is 8.88. The van der Waals surface area contributed by atoms with E-state index in [1.807, 2.05) is 33.1 Å². The summed E-state index contributed by atoms with van der Waals surface area (Å²) in [6.07, 6.45) is 3.48. The number of thioether (sulfide) groups is 1. The van der Waals surface area contributed by atoms with E-state index in [9.17, 15) is 20.1 Å². The number of aliphatic hydroxyl groups is 3. The molecule has 0 spiro atoms. The highest BCUT2D eigenvalue weighted by Crippen LogP contribution is 2.47. The molecule has 2 saturated heterocycles. The van der Waals surface area contributed by atoms with Gasteiger partial charge in [0.15, 0.2) is 34.5 Å². The molecule has 2 aliphatic heterocycles. The normalized spacial score (nSPS) is 28.0. The van der Waals surface area contributed by atoms with Gasteiger partial charge in [-0.25, -0.2) is 19.7 Å². The largest absolute Gasteiger partial charge is 0.451 e. The predicted molar refractivity (Wildman–Crippen MR) is 202 cm³/mol. The molecule has 1 aromatic carbocycles. The number of ether oxygens (including phenoxy) is 3. The van der Waals surface area contributed by atoms with Crippen molar-refractivity contribution < 1.29 is 34.3 Å². The van der Waals surface area contributed by atoms with Crippen LogP contribution in [0.4, 0.5) is 11.9 Å². The molecule has 2 aliphatic rings. The van der Waals surface area contributed by atoms with Gasteiger partial charge in [0.2, 0.25) is 11.9 Å². The van der Waals surface area contributed by atoms with E-state index in [1.165, 1.54) is 29.6 Å². The number of nitrogen functional groups attached to an aromatic ring is 2. The number of carbonyl (C=O) groups is 1. The van der Waals surface area contributed by atoms with E-state index in [0.717, 1.165) is 6.42 Å². The van der Waals surface area contributed by atoms with Crippen LogP contribution in [-0.2, 0) is 14.2 Å². The van der Waals surface area contributed by atoms with E-state index in [2.05, 4.69) is 42.5 Å². The van der Waals surface area contributed by atoms with Gasteiger partial charge in [-0.1, -0.05) is 43.6 Å². The maximum Gasteiger partial charge on any atom is 0.338 e. The zero-order valence-electron chi connectivity index (χ0n) is 29.9. The van der Waals surface area contributed by atoms with Gasteiger partial charge in [-0.2, -0.15) is 27.6 Å². The van der Waals surface area contributed by atoms with Crippen molar-refractivity contribution in [3.8, 4) is 0 Å². The van der Waals surface area contributed by atoms with Crippen molar-refractivity contribution in [2.45, 2.75) is 81.1 Å². The minimum Gasteiger partial charge on any atom is -0.451 e. The van der Waals surface area contributed by atoms with Crippen molar-refractivity contribution in [2.24, 2.45) is 5.92 Å². The summed E-state index contributed by atoms with van der Waals surface area (Å²) in [5, 5.41) is 30.6. The predicted octanol–water partition coefficient (Wildman–Crippen LogP) is 3.30. The lowest BCUT2D eigenvalue weighted by atomic mass is 9.86. The maximum atomic E-state index is 12.9. The number of hydrogen-bond donors (Lipinski definition) is 6. The van der Waals surface area contributed by atoms with E-state index in [-0.39, 0.29) is 29.1 Å². The summed E-state index contributed by atoms with van der Waals surface area (Å²) in [6.45, 7) is 6.95. The second-order valence-corrected chi connectivity index (χ2v) is 13.8. The van der Waals surface area contributed by atoms with Crippen molar-refractivity contribution in [2.75, 3.05) is 30.6 Å². The first kappa shape index (κ1) is 40.4. The number of imidazole rings is 2. The summed E-state index contributed by atoms with van der Waals surface area (Å²) >= 11 is 11.1. The fourth-order valence-electron chi connectivity index (χ4n) is 6.46. The first-order valence-electron chi connectivity index (χ1n) is 16.5. The number of aliphatic hydroxyl groups excluding tert-OH is 2. The minimum atomic E-state index is -1.61. The van der Waals surface area contributed by atoms with Gasteiger partial charge in [0, 0.05) is 5.92 Å². The summed E-state index contributed by atoms with van der Waals surface area (Å²) < 4.78 is 21.1. The molecule has 2 fully saturated rings. The van der Waals surface area contributed by atoms with E-state index in [0.29, 0.717) is 32.9 Å². The number of nitrogens with two attached hydrogens (primary N) is 2. The van der Waals surface area contributed by atoms with Crippen molar-refractivity contribution in [1.29, 1.82) is 0 Å². The summed E-state index contributed by atoms with van der Waals surface area (Å²) in [7, 11) is 0. The Kier molecular flexibility index (Phi) is 12.4. The molecule has 4 aromatic heterocycles. The number of halogens is 1. The molecule has 20 heteroatoms. The molecular formula is C33H43ClN10O7S2. The van der Waals surface area contributed by atoms with Gasteiger partial charge in [0.05, 0.1) is 30.9 Å². The maximum absolute atomic E-state index is 12.9. The van der Waals surface area contributed by atoms with Crippen molar-refractivity contribution in [3.05, 3.63) is 53.7 Å². The fraction of sp³-hybridized carbons (Fsp3) is 0.485. The Hall–Kier alpha value is -3.82. The van der Waals surface area contributed by atoms with Crippen molar-refractivity contribution in [3.63, 3.8) is 0 Å². The molecule has 0 unspecified atom stereocenters. The molecule has 5 aromatic rings. The van der Waals surface area contributed by atoms with E-state index >= 15 is 0 Å². The first-order valence-corrected chi connectivity index (χ1v) is 19.0. The Morgan fingerprint density at radius 3 is 2.13 bits per heavy atom. The highest BCUT2D eigenvalue weighted by Gasteiger charge is 2.55. The van der Waals surface area contributed by atoms with E-state index < -0.39 is 48.4 Å². The monoisotopic (exact) mass is 790 g/mol. The van der Waals surface area contributed by atoms with E-state index in [1.54, 1.807) is 41.4 Å². The third-order valence-corrected chi connectivity index (χ3v) is 10.4. The van der Waals surface area contributed by atoms with Crippen LogP contribution in [-0.4, -0.2) is 109 Å². The topological polar surface area (TPSA) is 245 Å². The molecule has 7 rings (SSSR count). The van der Waals surface area contributed by atoms with Gasteiger partial charge in [-0.15, -0.1) is 11.8 Å². The number of aromatic nitrogens is 8. The third kappa shape index (κ3) is 7.48. The summed E-state index contributed by atoms with van der Waals surface area (Å²) in [5.74, 6) is -0.375. The SMILES string of the molecule is CC[C@H]1O[C@@H](n2cnc3c(Cl)nc(N)nc32)[C@](C)(OC(=O)c2ccccc2)[C@@H]1C.CS.CSc1nc(N)nc2c1ncn2[C@@H]1O[C@H](CO)[C@@H](O)[C@@]1(C)O. The zero-order chi connectivity index (χ0) is 38.8. The van der Waals surface area contributed by atoms with Gasteiger partial charge >= 0.3 is 5.97 Å². The third-order valence-electron chi connectivity index (χ3n) is 9.42. The number of fused-ring (bicyclic) bond motifs is 2. The molecular weight excluding hydrogens is 748 g/mol. The second kappa shape index (κ2) is 16.3. The van der Waals surface area contributed by atoms with Crippen LogP contribution in [0.5, 0.6) is 0 Å². The smallest absolute Gasteiger partial charge is 0.338 e. The van der Waals surface area contributed by atoms with Gasteiger partial charge in [-0.05, 0) is 44.9 Å². The lowest BCUT2D eigenvalue weighted by molar-refractivity contribution is -0.0950. The zero-order valence-corrected chi connectivity index (χ0v) is 32.3. The Morgan fingerprint density at radius 2 is 1.55 bits per heavy atom. The van der Waals surface area contributed by atoms with Crippen LogP contribution in [0.15, 0.2) is 48.0 Å². The number of esters is 1. The molecule has 7 N–H and O–H groups in total. The molecule has 0 amide bonds. The highest BCUT2D eigenvalue weighted by molar-refractivity contribution is 7.98. The summed E-state index contributed by atoms with van der Waals surface area (Å²) in [5.41, 5.74) is 11.2. The molecule has 6 heterocycles. The molecule has 0 radical (unpaired) electrons. The molecule has 8 atom stereocenters. The Balaban J connectivity index is 0.000000202. The standard InChI is InChI=1S/C20H22ClN5O3.C12H17N5O4S.CH4S/c1-4-13-11(2)20(3,29-17(27)12-8-6-5-7-9-12)18(28-13)26-10-23-14-15(21)24-19(22)25-16(14)26;1-12(20)7(19)5(3-18)21-10(12)17-4-14-6-8(17)15-11(13)16-9(6)22-2;1-2/h5-11,13,18H,4H2,1-3H3,(H2,22,24,25);4-5,7,10,18-20H,3H2,1-2H3,(H2,13,15,16);2H,1H3/t11-,13-,18-,20-;5-,7-,10-,12-;/m11./s1. The molecule has 53 heavy (non-hydrogen) atoms. The van der Waals surface area contributed by atoms with Crippen LogP contribution in [0.25, 0.3) is 22.3 Å². The minimum absolute atomic E-state index is 0.0327. The number of carbonyl (C=O) groups excluding carboxylic acids is 1. The van der Waals surface area contributed by atoms with Crippen LogP contribution < -0.4 is 11.5 Å². The molecule has 17 nitrogen and oxygen atoms in total. The fourth-order valence-corrected chi connectivity index (χ4v) is 7.20. The van der Waals surface area contributed by atoms with Crippen molar-refractivity contribution in [1.82, 2.24) is 39.0 Å². The molecule has 0 bridgehead atoms. The van der Waals surface area contributed by atoms with E-state index in [4.69, 9.17) is 37.3 Å². The average molecular weight is 791 g/mol. The van der Waals surface area contributed by atoms with Crippen LogP contribution >= 0.6 is 36.0 Å². The molecule has 0 aliphatic carbocycles. The number of hydrogen-bond acceptors (Lipinski definition) is 17. The van der Waals surface area contributed by atoms with Crippen molar-refractivity contribution >= 4 is 76.2 Å².